The Morgan fingerprint density at radius 1 is 0.614 bits per heavy atom. The third kappa shape index (κ3) is 11.3. The van der Waals surface area contributed by atoms with Crippen LogP contribution in [0.15, 0.2) is 145 Å². The first kappa shape index (κ1) is 48.6. The van der Waals surface area contributed by atoms with Crippen LogP contribution in [0.1, 0.15) is 106 Å². The van der Waals surface area contributed by atoms with Crippen molar-refractivity contribution in [1.82, 2.24) is 24.7 Å². The zero-order valence-electron chi connectivity index (χ0n) is 41.4. The van der Waals surface area contributed by atoms with Crippen LogP contribution < -0.4 is 0 Å². The van der Waals surface area contributed by atoms with E-state index in [2.05, 4.69) is 152 Å². The Kier molecular flexibility index (Phi) is 16.0. The van der Waals surface area contributed by atoms with E-state index in [1.165, 1.54) is 83.6 Å². The molecule has 2 fully saturated rings. The number of aromatic nitrogens is 2. The van der Waals surface area contributed by atoms with Crippen LogP contribution in [0.25, 0.3) is 28.9 Å². The summed E-state index contributed by atoms with van der Waals surface area (Å²) in [6.07, 6.45) is 19.6. The van der Waals surface area contributed by atoms with Crippen LogP contribution in [-0.4, -0.2) is 91.2 Å². The molecule has 4 heterocycles. The number of piperidine rings is 2. The molecule has 0 atom stereocenters. The van der Waals surface area contributed by atoms with Gasteiger partial charge >= 0.3 is 6.09 Å². The minimum atomic E-state index is -0.215. The number of carbonyl (C=O) groups is 1. The summed E-state index contributed by atoms with van der Waals surface area (Å²) in [5, 5.41) is 0.772. The van der Waals surface area contributed by atoms with Gasteiger partial charge in [-0.1, -0.05) is 132 Å². The second-order valence-electron chi connectivity index (χ2n) is 19.1. The number of hydrogen-bond donors (Lipinski definition) is 0. The average molecular weight is 949 g/mol. The monoisotopic (exact) mass is 947 g/mol. The van der Waals surface area contributed by atoms with Gasteiger partial charge in [-0.05, 0) is 171 Å². The largest absolute Gasteiger partial charge is 0.450 e. The Hall–Kier alpha value is -6.38. The fourth-order valence-corrected chi connectivity index (χ4v) is 10.8. The van der Waals surface area contributed by atoms with Crippen molar-refractivity contribution in [2.24, 2.45) is 0 Å². The fourth-order valence-electron chi connectivity index (χ4n) is 10.6. The first-order valence-corrected chi connectivity index (χ1v) is 25.6. The number of rotatable bonds is 4. The van der Waals surface area contributed by atoms with E-state index in [1.54, 1.807) is 10.5 Å². The molecule has 5 aliphatic rings. The van der Waals surface area contributed by atoms with E-state index in [1.807, 2.05) is 31.5 Å². The molecule has 0 radical (unpaired) electrons. The highest BCUT2D eigenvalue weighted by Crippen LogP contribution is 2.40. The van der Waals surface area contributed by atoms with Crippen molar-refractivity contribution >= 4 is 46.6 Å². The molecule has 3 aliphatic carbocycles. The average Bonchev–Trinajstić information content (AvgIpc) is 3.74. The van der Waals surface area contributed by atoms with Crippen molar-refractivity contribution in [2.45, 2.75) is 64.7 Å². The number of hydrogen-bond acceptors (Lipinski definition) is 6. The Morgan fingerprint density at radius 2 is 1.11 bits per heavy atom. The van der Waals surface area contributed by atoms with Gasteiger partial charge in [-0.25, -0.2) is 4.79 Å². The van der Waals surface area contributed by atoms with E-state index >= 15 is 0 Å². The number of nitrogens with zero attached hydrogens (tertiary/aromatic N) is 5. The maximum absolute atomic E-state index is 12.0. The number of ether oxygens (including phenoxy) is 1. The molecular formula is C62H66ClN5O2. The molecule has 7 nitrogen and oxygen atoms in total. The molecule has 2 saturated heterocycles. The van der Waals surface area contributed by atoms with Gasteiger partial charge in [0.15, 0.2) is 0 Å². The Morgan fingerprint density at radius 3 is 1.70 bits per heavy atom. The molecule has 6 aromatic rings. The third-order valence-corrected chi connectivity index (χ3v) is 14.5. The molecule has 0 bridgehead atoms. The Bertz CT molecular complexity index is 2840. The highest BCUT2D eigenvalue weighted by Gasteiger charge is 2.28. The number of aryl methyl sites for hydroxylation is 4. The topological polar surface area (TPSA) is 61.8 Å². The summed E-state index contributed by atoms with van der Waals surface area (Å²) in [7, 11) is 6.46. The SMILES string of the molecule is CCOC(=O)N1CCC(=C2c3ccc(Cl)cc3CCc3cccnc32)CC1.CN(C)CCC=C1c2ccccc2C=Cc2ccccc21.CN1CCC(=C2c3ccccc3CCc3cccnc32)CC1. The van der Waals surface area contributed by atoms with Crippen molar-refractivity contribution < 1.29 is 9.53 Å². The first-order chi connectivity index (χ1) is 34.2. The van der Waals surface area contributed by atoms with Gasteiger partial charge in [-0.2, -0.15) is 0 Å². The van der Waals surface area contributed by atoms with Crippen molar-refractivity contribution in [1.29, 1.82) is 0 Å². The predicted octanol–water partition coefficient (Wildman–Crippen LogP) is 13.1. The predicted molar refractivity (Wildman–Crippen MR) is 290 cm³/mol. The fraction of sp³-hybridized carbons (Fsp3) is 0.306. The van der Waals surface area contributed by atoms with Gasteiger partial charge in [0, 0.05) is 61.3 Å². The lowest BCUT2D eigenvalue weighted by Gasteiger charge is -2.29. The summed E-state index contributed by atoms with van der Waals surface area (Å²) >= 11 is 6.27. The van der Waals surface area contributed by atoms with E-state index in [-0.39, 0.29) is 6.09 Å². The number of pyridine rings is 2. The van der Waals surface area contributed by atoms with Crippen LogP contribution in [0, 0.1) is 0 Å². The summed E-state index contributed by atoms with van der Waals surface area (Å²) in [5.74, 6) is 0. The van der Waals surface area contributed by atoms with Crippen LogP contribution in [-0.2, 0) is 30.4 Å². The molecule has 0 spiro atoms. The van der Waals surface area contributed by atoms with E-state index < -0.39 is 0 Å². The molecule has 2 aliphatic heterocycles. The standard InChI is InChI=1S/C22H23ClN2O2.C20H22N2.C20H21N/c1-2-27-22(26)25-12-9-15(10-13-25)20-19-8-7-18(23)14-17(19)6-5-16-4-3-11-24-21(16)20;1-22-13-10-16(11-14-22)19-18-7-3-2-5-15(18)8-9-17-6-4-12-21-20(17)19;1-21(2)15-7-12-20-18-10-5-3-8-16(18)13-14-17-9-4-6-11-19(17)20/h3-4,7-8,11,14H,2,5-6,9-10,12-13H2,1H3;2-7,12H,8-11,13-14H2,1H3;3-6,8-14H,7,15H2,1-2H3. The van der Waals surface area contributed by atoms with Crippen molar-refractivity contribution in [3.05, 3.63) is 217 Å². The van der Waals surface area contributed by atoms with Gasteiger partial charge in [-0.15, -0.1) is 0 Å². The van der Waals surface area contributed by atoms with Crippen LogP contribution in [0.3, 0.4) is 0 Å². The summed E-state index contributed by atoms with van der Waals surface area (Å²) in [5.41, 5.74) is 22.6. The van der Waals surface area contributed by atoms with Crippen molar-refractivity contribution in [2.75, 3.05) is 60.5 Å². The van der Waals surface area contributed by atoms with E-state index in [9.17, 15) is 4.79 Å². The second kappa shape index (κ2) is 23.0. The lowest BCUT2D eigenvalue weighted by Crippen LogP contribution is -2.37. The maximum Gasteiger partial charge on any atom is 0.409 e. The normalized spacial score (nSPS) is 16.0. The van der Waals surface area contributed by atoms with Gasteiger partial charge in [0.2, 0.25) is 0 Å². The Labute approximate surface area is 420 Å². The maximum atomic E-state index is 12.0. The zero-order valence-corrected chi connectivity index (χ0v) is 42.1. The third-order valence-electron chi connectivity index (χ3n) is 14.3. The smallest absolute Gasteiger partial charge is 0.409 e. The lowest BCUT2D eigenvalue weighted by atomic mass is 9.88. The number of likely N-dealkylation sites (tertiary alicyclic amines) is 2. The zero-order chi connectivity index (χ0) is 48.4. The molecule has 0 saturated carbocycles. The lowest BCUT2D eigenvalue weighted by molar-refractivity contribution is 0.104. The summed E-state index contributed by atoms with van der Waals surface area (Å²) in [6, 6.07) is 40.9. The van der Waals surface area contributed by atoms with Crippen LogP contribution >= 0.6 is 11.6 Å². The number of amides is 1. The van der Waals surface area contributed by atoms with Gasteiger partial charge in [0.25, 0.3) is 0 Å². The minimum Gasteiger partial charge on any atom is -0.450 e. The minimum absolute atomic E-state index is 0.215. The molecule has 4 aromatic carbocycles. The summed E-state index contributed by atoms with van der Waals surface area (Å²) < 4.78 is 5.15. The first-order valence-electron chi connectivity index (χ1n) is 25.3. The molecule has 70 heavy (non-hydrogen) atoms. The number of halogens is 1. The molecule has 1 amide bonds. The second-order valence-corrected chi connectivity index (χ2v) is 19.6. The summed E-state index contributed by atoms with van der Waals surface area (Å²) in [4.78, 5) is 28.0. The van der Waals surface area contributed by atoms with Gasteiger partial charge in [0.1, 0.15) is 0 Å². The van der Waals surface area contributed by atoms with E-state index in [0.29, 0.717) is 19.7 Å². The quantitative estimate of drug-likeness (QED) is 0.175. The molecule has 8 heteroatoms. The van der Waals surface area contributed by atoms with Crippen molar-refractivity contribution in [3.63, 3.8) is 0 Å². The summed E-state index contributed by atoms with van der Waals surface area (Å²) in [6.45, 7) is 7.00. The number of carbonyl (C=O) groups excluding carboxylic acids is 1. The van der Waals surface area contributed by atoms with Gasteiger partial charge < -0.3 is 19.4 Å². The van der Waals surface area contributed by atoms with Crippen LogP contribution in [0.5, 0.6) is 0 Å². The van der Waals surface area contributed by atoms with Gasteiger partial charge in [-0.3, -0.25) is 9.97 Å². The van der Waals surface area contributed by atoms with Crippen LogP contribution in [0.2, 0.25) is 5.02 Å². The van der Waals surface area contributed by atoms with E-state index in [4.69, 9.17) is 26.3 Å². The number of fused-ring (bicyclic) bond motifs is 6. The Balaban J connectivity index is 0.000000132. The number of benzene rings is 4. The van der Waals surface area contributed by atoms with Crippen molar-refractivity contribution in [3.8, 4) is 0 Å². The van der Waals surface area contributed by atoms with Crippen LogP contribution in [0.4, 0.5) is 4.79 Å². The highest BCUT2D eigenvalue weighted by molar-refractivity contribution is 6.30. The molecule has 2 aromatic heterocycles. The van der Waals surface area contributed by atoms with E-state index in [0.717, 1.165) is 88.1 Å². The molecule has 0 unspecified atom stereocenters. The molecule has 0 N–H and O–H groups in total. The molecule has 358 valence electrons. The highest BCUT2D eigenvalue weighted by atomic mass is 35.5. The molecule has 11 rings (SSSR count). The van der Waals surface area contributed by atoms with Gasteiger partial charge in [0.05, 0.1) is 18.0 Å². The molecular weight excluding hydrogens is 882 g/mol.